The predicted octanol–water partition coefficient (Wildman–Crippen LogP) is -2.39. The summed E-state index contributed by atoms with van der Waals surface area (Å²) < 4.78 is 0. The summed E-state index contributed by atoms with van der Waals surface area (Å²) in [6.07, 6.45) is -0.187. The average molecular weight is 358 g/mol. The fourth-order valence-electron chi connectivity index (χ4n) is 2.57. The number of hydrogen-bond donors (Lipinski definition) is 5. The van der Waals surface area contributed by atoms with E-state index in [1.807, 2.05) is 0 Å². The molecule has 0 aliphatic carbocycles. The number of likely N-dealkylation sites (tertiary alicyclic amines) is 1. The molecule has 3 atom stereocenters. The number of hydrogen-bond acceptors (Lipinski definition) is 6. The molecule has 11 heteroatoms. The molecule has 0 unspecified atom stereocenters. The van der Waals surface area contributed by atoms with Crippen molar-refractivity contribution in [2.45, 2.75) is 50.2 Å². The highest BCUT2D eigenvalue weighted by Crippen LogP contribution is 2.19. The maximum absolute atomic E-state index is 12.5. The molecule has 7 N–H and O–H groups in total. The van der Waals surface area contributed by atoms with Gasteiger partial charge < -0.3 is 31.9 Å². The summed E-state index contributed by atoms with van der Waals surface area (Å²) in [5.41, 5.74) is 10.5. The summed E-state index contributed by atoms with van der Waals surface area (Å²) in [4.78, 5) is 58.4. The number of primary amides is 1. The number of carbonyl (C=O) groups excluding carboxylic acids is 3. The number of carboxylic acid groups (broad SMARTS) is 2. The molecule has 1 fully saturated rings. The van der Waals surface area contributed by atoms with Gasteiger partial charge in [0.25, 0.3) is 0 Å². The molecule has 0 spiro atoms. The van der Waals surface area contributed by atoms with Crippen LogP contribution in [0.3, 0.4) is 0 Å². The summed E-state index contributed by atoms with van der Waals surface area (Å²) in [6.45, 7) is 0.162. The number of rotatable bonds is 9. The topological polar surface area (TPSA) is 193 Å². The first-order valence-electron chi connectivity index (χ1n) is 7.72. The third-order valence-electron chi connectivity index (χ3n) is 3.85. The van der Waals surface area contributed by atoms with Gasteiger partial charge in [-0.1, -0.05) is 0 Å². The lowest BCUT2D eigenvalue weighted by Gasteiger charge is -2.27. The van der Waals surface area contributed by atoms with Crippen LogP contribution in [0.25, 0.3) is 0 Å². The van der Waals surface area contributed by atoms with E-state index in [1.54, 1.807) is 0 Å². The van der Waals surface area contributed by atoms with Gasteiger partial charge in [-0.25, -0.2) is 4.79 Å². The molecular formula is C14H22N4O7. The standard InChI is InChI=1S/C14H22N4O7/c15-7(3-4-10(16)19)12(22)17-8(6-11(20)21)13(23)18-5-1-2-9(18)14(24)25/h7-9H,1-6,15H2,(H2,16,19)(H,17,22)(H,20,21)(H,24,25)/t7-,8-,9+/m0/s1. The highest BCUT2D eigenvalue weighted by Gasteiger charge is 2.38. The summed E-state index contributed by atoms with van der Waals surface area (Å²) in [5.74, 6) is -4.78. The van der Waals surface area contributed by atoms with Crippen molar-refractivity contribution >= 4 is 29.7 Å². The number of aliphatic carboxylic acids is 2. The Labute approximate surface area is 143 Å². The molecule has 25 heavy (non-hydrogen) atoms. The summed E-state index contributed by atoms with van der Waals surface area (Å²) in [7, 11) is 0. The second kappa shape index (κ2) is 8.97. The van der Waals surface area contributed by atoms with Crippen LogP contribution >= 0.6 is 0 Å². The van der Waals surface area contributed by atoms with E-state index in [1.165, 1.54) is 0 Å². The van der Waals surface area contributed by atoms with Gasteiger partial charge in [-0.15, -0.1) is 0 Å². The molecule has 1 rings (SSSR count). The SMILES string of the molecule is NC(=O)CC[C@H](N)C(=O)N[C@@H](CC(=O)O)C(=O)N1CCC[C@@H]1C(=O)O. The molecule has 0 saturated carbocycles. The highest BCUT2D eigenvalue weighted by molar-refractivity contribution is 5.94. The zero-order valence-electron chi connectivity index (χ0n) is 13.5. The van der Waals surface area contributed by atoms with Gasteiger partial charge in [0, 0.05) is 13.0 Å². The Hall–Kier alpha value is -2.69. The molecule has 0 aromatic carbocycles. The van der Waals surface area contributed by atoms with Crippen molar-refractivity contribution in [3.63, 3.8) is 0 Å². The molecular weight excluding hydrogens is 336 g/mol. The fraction of sp³-hybridized carbons (Fsp3) is 0.643. The Bertz CT molecular complexity index is 565. The van der Waals surface area contributed by atoms with Crippen molar-refractivity contribution in [1.29, 1.82) is 0 Å². The number of nitrogens with zero attached hydrogens (tertiary/aromatic N) is 1. The van der Waals surface area contributed by atoms with E-state index in [2.05, 4.69) is 5.32 Å². The van der Waals surface area contributed by atoms with Crippen LogP contribution in [0.2, 0.25) is 0 Å². The van der Waals surface area contributed by atoms with Gasteiger partial charge >= 0.3 is 11.9 Å². The normalized spacial score (nSPS) is 19.1. The van der Waals surface area contributed by atoms with Crippen LogP contribution in [0.1, 0.15) is 32.1 Å². The van der Waals surface area contributed by atoms with Gasteiger partial charge in [0.1, 0.15) is 12.1 Å². The Morgan fingerprint density at radius 2 is 1.84 bits per heavy atom. The van der Waals surface area contributed by atoms with E-state index in [-0.39, 0.29) is 25.8 Å². The minimum absolute atomic E-state index is 0.0589. The molecule has 140 valence electrons. The van der Waals surface area contributed by atoms with Crippen molar-refractivity contribution in [2.75, 3.05) is 6.54 Å². The van der Waals surface area contributed by atoms with Crippen molar-refractivity contribution in [2.24, 2.45) is 11.5 Å². The largest absolute Gasteiger partial charge is 0.481 e. The zero-order valence-corrected chi connectivity index (χ0v) is 13.5. The first kappa shape index (κ1) is 20.4. The van der Waals surface area contributed by atoms with Crippen molar-refractivity contribution in [3.05, 3.63) is 0 Å². The Morgan fingerprint density at radius 1 is 1.20 bits per heavy atom. The molecule has 1 saturated heterocycles. The first-order chi connectivity index (χ1) is 11.6. The minimum Gasteiger partial charge on any atom is -0.481 e. The van der Waals surface area contributed by atoms with Crippen molar-refractivity contribution in [1.82, 2.24) is 10.2 Å². The molecule has 1 aliphatic heterocycles. The summed E-state index contributed by atoms with van der Waals surface area (Å²) in [5, 5.41) is 20.3. The van der Waals surface area contributed by atoms with Crippen LogP contribution in [-0.4, -0.2) is 69.4 Å². The molecule has 1 heterocycles. The Kier molecular flexibility index (Phi) is 7.30. The van der Waals surface area contributed by atoms with Crippen molar-refractivity contribution in [3.8, 4) is 0 Å². The van der Waals surface area contributed by atoms with Gasteiger partial charge in [0.15, 0.2) is 0 Å². The monoisotopic (exact) mass is 358 g/mol. The van der Waals surface area contributed by atoms with Gasteiger partial charge in [0.05, 0.1) is 12.5 Å². The van der Waals surface area contributed by atoms with Crippen molar-refractivity contribution < 1.29 is 34.2 Å². The maximum atomic E-state index is 12.5. The lowest BCUT2D eigenvalue weighted by atomic mass is 10.1. The van der Waals surface area contributed by atoms with E-state index in [4.69, 9.17) is 21.7 Å². The summed E-state index contributed by atoms with van der Waals surface area (Å²) in [6, 6.07) is -3.64. The fourth-order valence-corrected chi connectivity index (χ4v) is 2.57. The molecule has 0 radical (unpaired) electrons. The Balaban J connectivity index is 2.80. The highest BCUT2D eigenvalue weighted by atomic mass is 16.4. The third kappa shape index (κ3) is 6.03. The van der Waals surface area contributed by atoms with E-state index in [9.17, 15) is 24.0 Å². The molecule has 0 aromatic heterocycles. The van der Waals surface area contributed by atoms with Gasteiger partial charge in [0.2, 0.25) is 17.7 Å². The zero-order chi connectivity index (χ0) is 19.1. The number of carbonyl (C=O) groups is 5. The predicted molar refractivity (Wildman–Crippen MR) is 83.0 cm³/mol. The van der Waals surface area contributed by atoms with E-state index in [0.29, 0.717) is 6.42 Å². The average Bonchev–Trinajstić information content (AvgIpc) is 3.00. The van der Waals surface area contributed by atoms with E-state index < -0.39 is 54.2 Å². The van der Waals surface area contributed by atoms with E-state index in [0.717, 1.165) is 4.90 Å². The van der Waals surface area contributed by atoms with E-state index >= 15 is 0 Å². The second-order valence-corrected chi connectivity index (χ2v) is 5.80. The lowest BCUT2D eigenvalue weighted by Crippen LogP contribution is -2.55. The van der Waals surface area contributed by atoms with Crippen LogP contribution in [0, 0.1) is 0 Å². The third-order valence-corrected chi connectivity index (χ3v) is 3.85. The molecule has 0 aromatic rings. The number of amides is 3. The van der Waals surface area contributed by atoms with Crippen LogP contribution in [0.5, 0.6) is 0 Å². The second-order valence-electron chi connectivity index (χ2n) is 5.80. The van der Waals surface area contributed by atoms with Crippen LogP contribution in [0.15, 0.2) is 0 Å². The van der Waals surface area contributed by atoms with Gasteiger partial charge in [-0.2, -0.15) is 0 Å². The Morgan fingerprint density at radius 3 is 2.36 bits per heavy atom. The lowest BCUT2D eigenvalue weighted by molar-refractivity contribution is -0.150. The van der Waals surface area contributed by atoms with Gasteiger partial charge in [-0.3, -0.25) is 19.2 Å². The molecule has 3 amide bonds. The van der Waals surface area contributed by atoms with Gasteiger partial charge in [-0.05, 0) is 19.3 Å². The summed E-state index contributed by atoms with van der Waals surface area (Å²) >= 11 is 0. The first-order valence-corrected chi connectivity index (χ1v) is 7.72. The molecule has 11 nitrogen and oxygen atoms in total. The number of nitrogens with one attached hydrogen (secondary N) is 1. The number of carboxylic acids is 2. The molecule has 0 bridgehead atoms. The van der Waals surface area contributed by atoms with Crippen LogP contribution < -0.4 is 16.8 Å². The maximum Gasteiger partial charge on any atom is 0.326 e. The molecule has 1 aliphatic rings. The smallest absolute Gasteiger partial charge is 0.326 e. The number of nitrogens with two attached hydrogens (primary N) is 2. The quantitative estimate of drug-likeness (QED) is 0.301. The minimum atomic E-state index is -1.44. The van der Waals surface area contributed by atoms with Crippen LogP contribution in [0.4, 0.5) is 0 Å². The van der Waals surface area contributed by atoms with Crippen LogP contribution in [-0.2, 0) is 24.0 Å².